The number of nitrogens with zero attached hydrogens (tertiary/aromatic N) is 2. The molecule has 1 aromatic rings. The van der Waals surface area contributed by atoms with E-state index in [2.05, 4.69) is 48.3 Å². The molecule has 0 bridgehead atoms. The highest BCUT2D eigenvalue weighted by Crippen LogP contribution is 2.12. The van der Waals surface area contributed by atoms with Crippen LogP contribution in [0.4, 0.5) is 11.6 Å². The fourth-order valence-electron chi connectivity index (χ4n) is 1.91. The van der Waals surface area contributed by atoms with Crippen LogP contribution in [0.3, 0.4) is 0 Å². The van der Waals surface area contributed by atoms with Crippen molar-refractivity contribution in [1.29, 1.82) is 0 Å². The summed E-state index contributed by atoms with van der Waals surface area (Å²) >= 11 is 0. The van der Waals surface area contributed by atoms with Crippen LogP contribution in [-0.4, -0.2) is 23.1 Å². The lowest BCUT2D eigenvalue weighted by Crippen LogP contribution is -2.09. The van der Waals surface area contributed by atoms with E-state index >= 15 is 0 Å². The maximum atomic E-state index is 4.50. The summed E-state index contributed by atoms with van der Waals surface area (Å²) in [4.78, 5) is 8.95. The van der Waals surface area contributed by atoms with Gasteiger partial charge in [0.1, 0.15) is 17.5 Å². The number of aryl methyl sites for hydroxylation is 1. The van der Waals surface area contributed by atoms with Gasteiger partial charge in [-0.2, -0.15) is 0 Å². The lowest BCUT2D eigenvalue weighted by Gasteiger charge is -2.10. The van der Waals surface area contributed by atoms with Crippen molar-refractivity contribution in [3.8, 4) is 0 Å². The molecular formula is C15H28N4. The van der Waals surface area contributed by atoms with Gasteiger partial charge in [0.05, 0.1) is 0 Å². The van der Waals surface area contributed by atoms with E-state index in [-0.39, 0.29) is 0 Å². The summed E-state index contributed by atoms with van der Waals surface area (Å²) in [5.74, 6) is 3.54. The van der Waals surface area contributed by atoms with Crippen LogP contribution in [0.15, 0.2) is 6.07 Å². The van der Waals surface area contributed by atoms with Gasteiger partial charge in [-0.25, -0.2) is 9.97 Å². The number of hydrogen-bond donors (Lipinski definition) is 2. The maximum Gasteiger partial charge on any atom is 0.132 e. The van der Waals surface area contributed by atoms with Crippen LogP contribution in [0.25, 0.3) is 0 Å². The fourth-order valence-corrected chi connectivity index (χ4v) is 1.91. The molecule has 0 unspecified atom stereocenters. The second-order valence-corrected chi connectivity index (χ2v) is 5.25. The third-order valence-electron chi connectivity index (χ3n) is 2.96. The van der Waals surface area contributed by atoms with Crippen LogP contribution < -0.4 is 10.6 Å². The molecule has 4 nitrogen and oxygen atoms in total. The highest BCUT2D eigenvalue weighted by molar-refractivity contribution is 5.47. The summed E-state index contributed by atoms with van der Waals surface area (Å²) in [6.07, 6.45) is 4.63. The number of rotatable bonds is 9. The predicted octanol–water partition coefficient (Wildman–Crippen LogP) is 3.71. The SMILES string of the molecule is CCNc1cc(NCCCCC(C)C)nc(CC)n1. The van der Waals surface area contributed by atoms with Crippen molar-refractivity contribution in [3.63, 3.8) is 0 Å². The molecule has 0 aromatic carbocycles. The Balaban J connectivity index is 2.45. The van der Waals surface area contributed by atoms with Crippen molar-refractivity contribution in [2.45, 2.75) is 53.4 Å². The zero-order chi connectivity index (χ0) is 14.1. The quantitative estimate of drug-likeness (QED) is 0.668. The molecule has 0 amide bonds. The van der Waals surface area contributed by atoms with E-state index in [0.29, 0.717) is 0 Å². The average molecular weight is 264 g/mol. The topological polar surface area (TPSA) is 49.8 Å². The zero-order valence-corrected chi connectivity index (χ0v) is 12.8. The van der Waals surface area contributed by atoms with Gasteiger partial charge in [0.2, 0.25) is 0 Å². The highest BCUT2D eigenvalue weighted by Gasteiger charge is 2.02. The summed E-state index contributed by atoms with van der Waals surface area (Å²) in [6.45, 7) is 10.6. The Labute approximate surface area is 117 Å². The first-order chi connectivity index (χ1) is 9.15. The molecule has 0 aliphatic rings. The molecule has 0 aliphatic heterocycles. The average Bonchev–Trinajstić information content (AvgIpc) is 2.38. The monoisotopic (exact) mass is 264 g/mol. The van der Waals surface area contributed by atoms with Gasteiger partial charge in [-0.05, 0) is 19.3 Å². The molecule has 2 N–H and O–H groups in total. The molecule has 0 fully saturated rings. The first-order valence-electron chi connectivity index (χ1n) is 7.51. The third-order valence-corrected chi connectivity index (χ3v) is 2.96. The molecule has 0 saturated heterocycles. The Hall–Kier alpha value is -1.32. The lowest BCUT2D eigenvalue weighted by molar-refractivity contribution is 0.544. The molecule has 1 rings (SSSR count). The van der Waals surface area contributed by atoms with Crippen LogP contribution in [0, 0.1) is 5.92 Å². The molecule has 0 aliphatic carbocycles. The van der Waals surface area contributed by atoms with Gasteiger partial charge in [-0.1, -0.05) is 33.6 Å². The Morgan fingerprint density at radius 3 is 2.32 bits per heavy atom. The lowest BCUT2D eigenvalue weighted by atomic mass is 10.1. The molecule has 1 heterocycles. The first-order valence-corrected chi connectivity index (χ1v) is 7.51. The summed E-state index contributed by atoms with van der Waals surface area (Å²) in [7, 11) is 0. The number of aromatic nitrogens is 2. The Bertz CT molecular complexity index is 363. The Morgan fingerprint density at radius 1 is 1.05 bits per heavy atom. The van der Waals surface area contributed by atoms with Crippen LogP contribution in [-0.2, 0) is 6.42 Å². The largest absolute Gasteiger partial charge is 0.370 e. The van der Waals surface area contributed by atoms with Gasteiger partial charge in [0, 0.05) is 25.6 Å². The minimum Gasteiger partial charge on any atom is -0.370 e. The van der Waals surface area contributed by atoms with Crippen molar-refractivity contribution in [3.05, 3.63) is 11.9 Å². The Morgan fingerprint density at radius 2 is 1.74 bits per heavy atom. The molecule has 19 heavy (non-hydrogen) atoms. The van der Waals surface area contributed by atoms with Gasteiger partial charge in [0.15, 0.2) is 0 Å². The van der Waals surface area contributed by atoms with Crippen LogP contribution in [0.1, 0.15) is 52.8 Å². The standard InChI is InChI=1S/C15H28N4/c1-5-13-18-14(16-6-2)11-15(19-13)17-10-8-7-9-12(3)4/h11-12H,5-10H2,1-4H3,(H2,16,17,18,19). The van der Waals surface area contributed by atoms with Gasteiger partial charge in [-0.15, -0.1) is 0 Å². The van der Waals surface area contributed by atoms with Gasteiger partial charge in [0.25, 0.3) is 0 Å². The molecule has 4 heteroatoms. The summed E-state index contributed by atoms with van der Waals surface area (Å²) in [6, 6.07) is 1.99. The van der Waals surface area contributed by atoms with Crippen molar-refractivity contribution >= 4 is 11.6 Å². The maximum absolute atomic E-state index is 4.50. The molecule has 108 valence electrons. The second-order valence-electron chi connectivity index (χ2n) is 5.25. The van der Waals surface area contributed by atoms with E-state index in [9.17, 15) is 0 Å². The van der Waals surface area contributed by atoms with Crippen molar-refractivity contribution < 1.29 is 0 Å². The minimum atomic E-state index is 0.797. The smallest absolute Gasteiger partial charge is 0.132 e. The van der Waals surface area contributed by atoms with E-state index in [0.717, 1.165) is 42.9 Å². The third kappa shape index (κ3) is 6.41. The van der Waals surface area contributed by atoms with Crippen LogP contribution >= 0.6 is 0 Å². The molecule has 0 spiro atoms. The van der Waals surface area contributed by atoms with Gasteiger partial charge >= 0.3 is 0 Å². The Kier molecular flexibility index (Phi) is 7.23. The van der Waals surface area contributed by atoms with Crippen molar-refractivity contribution in [2.75, 3.05) is 23.7 Å². The molecule has 0 saturated carbocycles. The van der Waals surface area contributed by atoms with Crippen LogP contribution in [0.2, 0.25) is 0 Å². The van der Waals surface area contributed by atoms with Gasteiger partial charge < -0.3 is 10.6 Å². The van der Waals surface area contributed by atoms with Crippen LogP contribution in [0.5, 0.6) is 0 Å². The van der Waals surface area contributed by atoms with E-state index in [1.807, 2.05) is 6.07 Å². The highest BCUT2D eigenvalue weighted by atomic mass is 15.1. The molecule has 0 atom stereocenters. The second kappa shape index (κ2) is 8.73. The number of nitrogens with one attached hydrogen (secondary N) is 2. The molecular weight excluding hydrogens is 236 g/mol. The summed E-state index contributed by atoms with van der Waals surface area (Å²) in [5.41, 5.74) is 0. The molecule has 0 radical (unpaired) electrons. The van der Waals surface area contributed by atoms with Crippen molar-refractivity contribution in [2.24, 2.45) is 5.92 Å². The van der Waals surface area contributed by atoms with Gasteiger partial charge in [-0.3, -0.25) is 0 Å². The molecule has 1 aromatic heterocycles. The normalized spacial score (nSPS) is 10.8. The number of unbranched alkanes of at least 4 members (excludes halogenated alkanes) is 1. The van der Waals surface area contributed by atoms with E-state index in [4.69, 9.17) is 0 Å². The number of anilines is 2. The fraction of sp³-hybridized carbons (Fsp3) is 0.733. The van der Waals surface area contributed by atoms with E-state index in [1.165, 1.54) is 19.3 Å². The zero-order valence-electron chi connectivity index (χ0n) is 12.8. The van der Waals surface area contributed by atoms with E-state index in [1.54, 1.807) is 0 Å². The van der Waals surface area contributed by atoms with Crippen molar-refractivity contribution in [1.82, 2.24) is 9.97 Å². The summed E-state index contributed by atoms with van der Waals surface area (Å²) in [5, 5.41) is 6.65. The number of hydrogen-bond acceptors (Lipinski definition) is 4. The predicted molar refractivity (Wildman–Crippen MR) is 82.8 cm³/mol. The summed E-state index contributed by atoms with van der Waals surface area (Å²) < 4.78 is 0. The first kappa shape index (κ1) is 15.7. The van der Waals surface area contributed by atoms with E-state index < -0.39 is 0 Å². The minimum absolute atomic E-state index is 0.797.